The summed E-state index contributed by atoms with van der Waals surface area (Å²) in [4.78, 5) is 6.22. The van der Waals surface area contributed by atoms with Gasteiger partial charge in [0, 0.05) is 23.5 Å². The zero-order chi connectivity index (χ0) is 12.5. The van der Waals surface area contributed by atoms with Crippen molar-refractivity contribution < 1.29 is 13.2 Å². The summed E-state index contributed by atoms with van der Waals surface area (Å²) < 4.78 is 41.0. The number of anilines is 1. The maximum absolute atomic E-state index is 12.4. The van der Waals surface area contributed by atoms with Crippen LogP contribution in [0.25, 0.3) is 0 Å². The van der Waals surface area contributed by atoms with E-state index in [0.717, 1.165) is 21.6 Å². The molecule has 8 heteroatoms. The van der Waals surface area contributed by atoms with Crippen molar-refractivity contribution in [3.8, 4) is 0 Å². The molecule has 0 atom stereocenters. The van der Waals surface area contributed by atoms with Gasteiger partial charge in [-0.25, -0.2) is 9.36 Å². The zero-order valence-electron chi connectivity index (χ0n) is 8.73. The fourth-order valence-electron chi connectivity index (χ4n) is 1.19. The predicted octanol–water partition coefficient (Wildman–Crippen LogP) is 3.25. The van der Waals surface area contributed by atoms with Gasteiger partial charge >= 0.3 is 6.18 Å². The summed E-state index contributed by atoms with van der Waals surface area (Å²) in [5.74, 6) is 0. The van der Waals surface area contributed by atoms with Crippen LogP contribution in [0.1, 0.15) is 10.6 Å². The summed E-state index contributed by atoms with van der Waals surface area (Å²) in [6.45, 7) is 0.509. The van der Waals surface area contributed by atoms with Crippen molar-refractivity contribution in [1.29, 1.82) is 0 Å². The van der Waals surface area contributed by atoms with Crippen LogP contribution in [0.15, 0.2) is 17.6 Å². The molecule has 0 unspecified atom stereocenters. The van der Waals surface area contributed by atoms with Gasteiger partial charge in [-0.15, -0.1) is 11.3 Å². The summed E-state index contributed by atoms with van der Waals surface area (Å²) in [6, 6.07) is 1.83. The molecule has 0 N–H and O–H groups in total. The molecule has 0 aromatic carbocycles. The second-order valence-electron chi connectivity index (χ2n) is 3.35. The number of halogens is 3. The molecular weight excluding hydrogens is 271 g/mol. The van der Waals surface area contributed by atoms with Crippen molar-refractivity contribution in [3.63, 3.8) is 0 Å². The second-order valence-corrected chi connectivity index (χ2v) is 5.10. The van der Waals surface area contributed by atoms with Gasteiger partial charge in [0.05, 0.1) is 6.54 Å². The summed E-state index contributed by atoms with van der Waals surface area (Å²) in [7, 11) is 1.71. The standard InChI is InChI=1S/C9H8F3N3S2/c1-15(4-6-2-3-13-17-6)8-14-7(5-16-8)9(10,11)12/h2-3,5H,4H2,1H3. The number of hydrogen-bond donors (Lipinski definition) is 0. The molecule has 92 valence electrons. The predicted molar refractivity (Wildman–Crippen MR) is 61.3 cm³/mol. The van der Waals surface area contributed by atoms with Gasteiger partial charge in [-0.1, -0.05) is 0 Å². The highest BCUT2D eigenvalue weighted by Gasteiger charge is 2.34. The lowest BCUT2D eigenvalue weighted by Crippen LogP contribution is -2.16. The van der Waals surface area contributed by atoms with E-state index >= 15 is 0 Å². The van der Waals surface area contributed by atoms with Crippen LogP contribution in [0.3, 0.4) is 0 Å². The Kier molecular flexibility index (Phi) is 3.34. The number of alkyl halides is 3. The molecule has 0 amide bonds. The minimum absolute atomic E-state index is 0.353. The molecule has 0 saturated heterocycles. The average molecular weight is 279 g/mol. The zero-order valence-corrected chi connectivity index (χ0v) is 10.4. The van der Waals surface area contributed by atoms with Crippen LogP contribution in [-0.2, 0) is 12.7 Å². The maximum atomic E-state index is 12.4. The Morgan fingerprint density at radius 1 is 1.41 bits per heavy atom. The number of rotatable bonds is 3. The quantitative estimate of drug-likeness (QED) is 0.863. The first-order valence-corrected chi connectivity index (χ1v) is 6.25. The molecule has 0 spiro atoms. The molecule has 0 fully saturated rings. The van der Waals surface area contributed by atoms with Crippen molar-refractivity contribution in [2.75, 3.05) is 11.9 Å². The van der Waals surface area contributed by atoms with Crippen molar-refractivity contribution in [1.82, 2.24) is 9.36 Å². The third kappa shape index (κ3) is 2.95. The third-order valence-electron chi connectivity index (χ3n) is 1.99. The summed E-state index contributed by atoms with van der Waals surface area (Å²) >= 11 is 2.31. The van der Waals surface area contributed by atoms with Gasteiger partial charge in [0.2, 0.25) is 0 Å². The lowest BCUT2D eigenvalue weighted by atomic mass is 10.4. The molecule has 17 heavy (non-hydrogen) atoms. The molecule has 3 nitrogen and oxygen atoms in total. The third-order valence-corrected chi connectivity index (χ3v) is 3.68. The Hall–Kier alpha value is -1.15. The van der Waals surface area contributed by atoms with E-state index in [0.29, 0.717) is 11.7 Å². The van der Waals surface area contributed by atoms with E-state index in [1.54, 1.807) is 18.1 Å². The Morgan fingerprint density at radius 3 is 2.71 bits per heavy atom. The van der Waals surface area contributed by atoms with E-state index in [1.807, 2.05) is 6.07 Å². The topological polar surface area (TPSA) is 29.0 Å². The van der Waals surface area contributed by atoms with Gasteiger partial charge < -0.3 is 4.90 Å². The van der Waals surface area contributed by atoms with Gasteiger partial charge in [-0.2, -0.15) is 13.2 Å². The molecule has 2 rings (SSSR count). The van der Waals surface area contributed by atoms with Crippen molar-refractivity contribution in [2.24, 2.45) is 0 Å². The van der Waals surface area contributed by atoms with Gasteiger partial charge in [0.1, 0.15) is 0 Å². The van der Waals surface area contributed by atoms with E-state index in [4.69, 9.17) is 0 Å². The van der Waals surface area contributed by atoms with E-state index in [-0.39, 0.29) is 0 Å². The second kappa shape index (κ2) is 4.61. The molecule has 0 aliphatic rings. The van der Waals surface area contributed by atoms with E-state index in [9.17, 15) is 13.2 Å². The first kappa shape index (κ1) is 12.3. The van der Waals surface area contributed by atoms with Crippen LogP contribution < -0.4 is 4.90 Å². The molecule has 2 aromatic rings. The minimum atomic E-state index is -4.37. The number of thiazole rings is 1. The normalized spacial score (nSPS) is 11.8. The molecule has 0 aliphatic heterocycles. The van der Waals surface area contributed by atoms with Gasteiger partial charge in [-0.05, 0) is 17.6 Å². The Bertz CT molecular complexity index is 478. The minimum Gasteiger partial charge on any atom is -0.346 e. The van der Waals surface area contributed by atoms with Crippen LogP contribution in [0.4, 0.5) is 18.3 Å². The molecule has 0 radical (unpaired) electrons. The summed E-state index contributed by atoms with van der Waals surface area (Å²) in [6.07, 6.45) is -2.71. The fourth-order valence-corrected chi connectivity index (χ4v) is 2.62. The van der Waals surface area contributed by atoms with Crippen LogP contribution in [0, 0.1) is 0 Å². The lowest BCUT2D eigenvalue weighted by Gasteiger charge is -2.13. The Balaban J connectivity index is 2.10. The summed E-state index contributed by atoms with van der Waals surface area (Å²) in [5, 5.41) is 1.38. The molecule has 0 aliphatic carbocycles. The van der Waals surface area contributed by atoms with E-state index in [1.165, 1.54) is 11.5 Å². The van der Waals surface area contributed by atoms with Crippen LogP contribution >= 0.6 is 22.9 Å². The van der Waals surface area contributed by atoms with Crippen LogP contribution in [-0.4, -0.2) is 16.4 Å². The Labute approximate surface area is 104 Å². The average Bonchev–Trinajstić information content (AvgIpc) is 2.85. The monoisotopic (exact) mass is 279 g/mol. The first-order valence-electron chi connectivity index (χ1n) is 4.60. The number of nitrogens with zero attached hydrogens (tertiary/aromatic N) is 3. The van der Waals surface area contributed by atoms with Crippen LogP contribution in [0.5, 0.6) is 0 Å². The highest BCUT2D eigenvalue weighted by atomic mass is 32.1. The molecule has 0 bridgehead atoms. The van der Waals surface area contributed by atoms with Crippen molar-refractivity contribution >= 4 is 28.0 Å². The van der Waals surface area contributed by atoms with Gasteiger partial charge in [0.15, 0.2) is 10.8 Å². The van der Waals surface area contributed by atoms with E-state index in [2.05, 4.69) is 9.36 Å². The Morgan fingerprint density at radius 2 is 2.18 bits per heavy atom. The lowest BCUT2D eigenvalue weighted by molar-refractivity contribution is -0.140. The SMILES string of the molecule is CN(Cc1ccns1)c1nc(C(F)(F)F)cs1. The molecule has 2 aromatic heterocycles. The number of hydrogen-bond acceptors (Lipinski definition) is 5. The molecule has 2 heterocycles. The highest BCUT2D eigenvalue weighted by Crippen LogP contribution is 2.33. The maximum Gasteiger partial charge on any atom is 0.434 e. The van der Waals surface area contributed by atoms with Crippen molar-refractivity contribution in [3.05, 3.63) is 28.2 Å². The van der Waals surface area contributed by atoms with E-state index < -0.39 is 11.9 Å². The van der Waals surface area contributed by atoms with Gasteiger partial charge in [-0.3, -0.25) is 0 Å². The fraction of sp³-hybridized carbons (Fsp3) is 0.333. The molecular formula is C9H8F3N3S2. The van der Waals surface area contributed by atoms with Crippen LogP contribution in [0.2, 0.25) is 0 Å². The largest absolute Gasteiger partial charge is 0.434 e. The van der Waals surface area contributed by atoms with Gasteiger partial charge in [0.25, 0.3) is 0 Å². The first-order chi connectivity index (χ1) is 7.97. The van der Waals surface area contributed by atoms with Crippen molar-refractivity contribution in [2.45, 2.75) is 12.7 Å². The smallest absolute Gasteiger partial charge is 0.346 e. The molecule has 0 saturated carbocycles. The summed E-state index contributed by atoms with van der Waals surface area (Å²) in [5.41, 5.74) is -0.839. The number of aromatic nitrogens is 2. The highest BCUT2D eigenvalue weighted by molar-refractivity contribution is 7.13.